The van der Waals surface area contributed by atoms with Gasteiger partial charge in [0.05, 0.1) is 6.04 Å². The average Bonchev–Trinajstić information content (AvgIpc) is 2.67. The molecule has 146 valence electrons. The standard InChI is InChI=1S/C24H27FN2O/c1-4-14-26-17-18(2)15-20-8-7-10-22(16-20)19(3)27-24(28)13-12-21-9-5-6-11-23(21)25/h4,7-14,16-17,19H,2,5-6,15H2,1,3H3,(H,27,28)/b13-12+,14-4-,26-17?. The van der Waals surface area contributed by atoms with Crippen LogP contribution < -0.4 is 5.32 Å². The van der Waals surface area contributed by atoms with Crippen molar-refractivity contribution >= 4 is 12.1 Å². The highest BCUT2D eigenvalue weighted by Crippen LogP contribution is 2.21. The van der Waals surface area contributed by atoms with Gasteiger partial charge in [0.1, 0.15) is 5.83 Å². The third-order valence-corrected chi connectivity index (χ3v) is 4.28. The van der Waals surface area contributed by atoms with Gasteiger partial charge < -0.3 is 5.32 Å². The van der Waals surface area contributed by atoms with Crippen molar-refractivity contribution in [3.8, 4) is 0 Å². The van der Waals surface area contributed by atoms with Crippen LogP contribution in [0.4, 0.5) is 4.39 Å². The van der Waals surface area contributed by atoms with Gasteiger partial charge in [-0.25, -0.2) is 4.39 Å². The van der Waals surface area contributed by atoms with Gasteiger partial charge in [0.25, 0.3) is 0 Å². The molecular formula is C24H27FN2O. The number of benzene rings is 1. The van der Waals surface area contributed by atoms with Crippen molar-refractivity contribution in [2.24, 2.45) is 4.99 Å². The van der Waals surface area contributed by atoms with Crippen LogP contribution in [0, 0.1) is 0 Å². The summed E-state index contributed by atoms with van der Waals surface area (Å²) in [5.74, 6) is -0.519. The zero-order valence-corrected chi connectivity index (χ0v) is 16.5. The predicted octanol–water partition coefficient (Wildman–Crippen LogP) is 5.70. The first kappa shape index (κ1) is 21.3. The number of nitrogens with zero attached hydrogens (tertiary/aromatic N) is 1. The third-order valence-electron chi connectivity index (χ3n) is 4.28. The number of allylic oxidation sites excluding steroid dienone is 7. The summed E-state index contributed by atoms with van der Waals surface area (Å²) in [4.78, 5) is 16.3. The Hall–Kier alpha value is -3.01. The fraction of sp³-hybridized carbons (Fsp3) is 0.250. The van der Waals surface area contributed by atoms with Gasteiger partial charge in [-0.15, -0.1) is 0 Å². The molecule has 1 unspecified atom stereocenters. The van der Waals surface area contributed by atoms with Gasteiger partial charge in [0.2, 0.25) is 5.91 Å². The summed E-state index contributed by atoms with van der Waals surface area (Å²) in [5, 5.41) is 2.92. The van der Waals surface area contributed by atoms with Crippen molar-refractivity contribution < 1.29 is 9.18 Å². The van der Waals surface area contributed by atoms with Crippen molar-refractivity contribution in [3.05, 3.63) is 95.5 Å². The molecular weight excluding hydrogens is 351 g/mol. The molecule has 2 rings (SSSR count). The first-order valence-corrected chi connectivity index (χ1v) is 9.45. The number of aliphatic imine (C=N–C) groups is 1. The minimum atomic E-state index is -0.269. The third kappa shape index (κ3) is 6.95. The lowest BCUT2D eigenvalue weighted by Gasteiger charge is -2.14. The molecule has 1 atom stereocenters. The molecule has 0 aliphatic heterocycles. The molecule has 1 aliphatic carbocycles. The van der Waals surface area contributed by atoms with Crippen LogP contribution in [0.25, 0.3) is 0 Å². The number of amides is 1. The summed E-state index contributed by atoms with van der Waals surface area (Å²) >= 11 is 0. The number of halogens is 1. The topological polar surface area (TPSA) is 41.5 Å². The normalized spacial score (nSPS) is 15.7. The maximum atomic E-state index is 13.7. The summed E-state index contributed by atoms with van der Waals surface area (Å²) in [6.45, 7) is 7.85. The molecule has 3 nitrogen and oxygen atoms in total. The van der Waals surface area contributed by atoms with Gasteiger partial charge in [0, 0.05) is 24.1 Å². The Bertz CT molecular complexity index is 859. The fourth-order valence-electron chi connectivity index (χ4n) is 2.84. The molecule has 0 fully saturated rings. The molecule has 0 bridgehead atoms. The smallest absolute Gasteiger partial charge is 0.244 e. The lowest BCUT2D eigenvalue weighted by atomic mass is 10.0. The van der Waals surface area contributed by atoms with Crippen molar-refractivity contribution in [2.45, 2.75) is 39.2 Å². The minimum absolute atomic E-state index is 0.164. The lowest BCUT2D eigenvalue weighted by Crippen LogP contribution is -2.24. The van der Waals surface area contributed by atoms with Crippen LogP contribution in [-0.4, -0.2) is 12.1 Å². The van der Waals surface area contributed by atoms with Crippen LogP contribution in [0.3, 0.4) is 0 Å². The van der Waals surface area contributed by atoms with E-state index >= 15 is 0 Å². The first-order valence-electron chi connectivity index (χ1n) is 9.45. The number of carbonyl (C=O) groups is 1. The van der Waals surface area contributed by atoms with E-state index in [1.54, 1.807) is 24.6 Å². The largest absolute Gasteiger partial charge is 0.346 e. The molecule has 0 heterocycles. The van der Waals surface area contributed by atoms with Crippen molar-refractivity contribution in [1.29, 1.82) is 0 Å². The Morgan fingerprint density at radius 1 is 1.36 bits per heavy atom. The number of nitrogens with one attached hydrogen (secondary N) is 1. The van der Waals surface area contributed by atoms with Gasteiger partial charge in [-0.2, -0.15) is 0 Å². The summed E-state index contributed by atoms with van der Waals surface area (Å²) in [6, 6.07) is 7.85. The van der Waals surface area contributed by atoms with Gasteiger partial charge in [0.15, 0.2) is 0 Å². The van der Waals surface area contributed by atoms with Gasteiger partial charge in [-0.3, -0.25) is 9.79 Å². The number of hydrogen-bond acceptors (Lipinski definition) is 2. The summed E-state index contributed by atoms with van der Waals surface area (Å²) in [7, 11) is 0. The summed E-state index contributed by atoms with van der Waals surface area (Å²) in [6.07, 6.45) is 13.8. The van der Waals surface area contributed by atoms with Gasteiger partial charge >= 0.3 is 0 Å². The highest BCUT2D eigenvalue weighted by Gasteiger charge is 2.10. The molecule has 1 aromatic rings. The van der Waals surface area contributed by atoms with Crippen molar-refractivity contribution in [1.82, 2.24) is 5.32 Å². The zero-order chi connectivity index (χ0) is 20.4. The number of carbonyl (C=O) groups excluding carboxylic acids is 1. The maximum absolute atomic E-state index is 13.7. The van der Waals surface area contributed by atoms with Crippen LogP contribution in [0.1, 0.15) is 43.9 Å². The zero-order valence-electron chi connectivity index (χ0n) is 16.5. The Morgan fingerprint density at radius 2 is 2.14 bits per heavy atom. The van der Waals surface area contributed by atoms with E-state index in [9.17, 15) is 9.18 Å². The molecule has 0 spiro atoms. The van der Waals surface area contributed by atoms with E-state index in [0.717, 1.165) is 23.1 Å². The monoisotopic (exact) mass is 378 g/mol. The molecule has 0 saturated heterocycles. The maximum Gasteiger partial charge on any atom is 0.244 e. The first-order chi connectivity index (χ1) is 13.5. The quantitative estimate of drug-likeness (QED) is 0.458. The second-order valence-electron chi connectivity index (χ2n) is 6.69. The van der Waals surface area contributed by atoms with Crippen LogP contribution in [0.2, 0.25) is 0 Å². The number of hydrogen-bond donors (Lipinski definition) is 1. The van der Waals surface area contributed by atoms with Gasteiger partial charge in [-0.1, -0.05) is 43.0 Å². The van der Waals surface area contributed by atoms with E-state index in [2.05, 4.69) is 23.0 Å². The van der Waals surface area contributed by atoms with Gasteiger partial charge in [-0.05, 0) is 62.0 Å². The van der Waals surface area contributed by atoms with Crippen LogP contribution in [-0.2, 0) is 11.2 Å². The number of rotatable bonds is 8. The molecule has 28 heavy (non-hydrogen) atoms. The second kappa shape index (κ2) is 11.0. The van der Waals surface area contributed by atoms with E-state index < -0.39 is 0 Å². The van der Waals surface area contributed by atoms with Crippen LogP contribution in [0.5, 0.6) is 0 Å². The van der Waals surface area contributed by atoms with Crippen LogP contribution >= 0.6 is 0 Å². The minimum Gasteiger partial charge on any atom is -0.346 e. The SMILES string of the molecule is C=C(C=N/C=C\C)Cc1cccc(C(C)NC(=O)/C=C/C2=CCCC=C2F)c1. The average molecular weight is 378 g/mol. The van der Waals surface area contributed by atoms with E-state index in [4.69, 9.17) is 0 Å². The van der Waals surface area contributed by atoms with Crippen molar-refractivity contribution in [3.63, 3.8) is 0 Å². The second-order valence-corrected chi connectivity index (χ2v) is 6.69. The van der Waals surface area contributed by atoms with E-state index in [-0.39, 0.29) is 17.8 Å². The Kier molecular flexibility index (Phi) is 8.35. The van der Waals surface area contributed by atoms with E-state index in [1.165, 1.54) is 12.2 Å². The molecule has 1 aliphatic rings. The molecule has 1 N–H and O–H groups in total. The lowest BCUT2D eigenvalue weighted by molar-refractivity contribution is -0.117. The molecule has 0 radical (unpaired) electrons. The molecule has 0 aromatic heterocycles. The van der Waals surface area contributed by atoms with Crippen molar-refractivity contribution in [2.75, 3.05) is 0 Å². The molecule has 4 heteroatoms. The van der Waals surface area contributed by atoms with E-state index in [0.29, 0.717) is 18.4 Å². The Balaban J connectivity index is 1.95. The summed E-state index contributed by atoms with van der Waals surface area (Å²) < 4.78 is 13.7. The summed E-state index contributed by atoms with van der Waals surface area (Å²) in [5.41, 5.74) is 3.48. The highest BCUT2D eigenvalue weighted by molar-refractivity contribution is 5.88. The molecule has 1 aromatic carbocycles. The molecule has 1 amide bonds. The Morgan fingerprint density at radius 3 is 2.89 bits per heavy atom. The molecule has 0 saturated carbocycles. The van der Waals surface area contributed by atoms with Crippen LogP contribution in [0.15, 0.2) is 89.4 Å². The highest BCUT2D eigenvalue weighted by atomic mass is 19.1. The Labute approximate surface area is 166 Å². The fourth-order valence-corrected chi connectivity index (χ4v) is 2.84. The predicted molar refractivity (Wildman–Crippen MR) is 115 cm³/mol. The van der Waals surface area contributed by atoms with E-state index in [1.807, 2.05) is 38.1 Å².